The van der Waals surface area contributed by atoms with E-state index >= 15 is 0 Å². The summed E-state index contributed by atoms with van der Waals surface area (Å²) >= 11 is 0. The molecule has 1 aromatic rings. The third kappa shape index (κ3) is 2.72. The predicted octanol–water partition coefficient (Wildman–Crippen LogP) is 0.907. The van der Waals surface area contributed by atoms with E-state index in [1.165, 1.54) is 0 Å². The number of thiol groups is 1. The number of aryl methyl sites for hydroxylation is 1. The zero-order chi connectivity index (χ0) is 8.27. The molecule has 1 rings (SSSR count). The molecule has 0 heterocycles. The van der Waals surface area contributed by atoms with Crippen LogP contribution in [-0.4, -0.2) is 8.42 Å². The van der Waals surface area contributed by atoms with Crippen LogP contribution in [0.4, 0.5) is 0 Å². The van der Waals surface area contributed by atoms with Crippen LogP contribution in [-0.2, 0) is 16.5 Å². The smallest absolute Gasteiger partial charge is 0.144 e. The Kier molecular flexibility index (Phi) is 2.65. The van der Waals surface area contributed by atoms with Gasteiger partial charge in [-0.15, -0.1) is 0 Å². The van der Waals surface area contributed by atoms with Gasteiger partial charge in [0.05, 0.1) is 5.75 Å². The Morgan fingerprint density at radius 3 is 2.64 bits per heavy atom. The van der Waals surface area contributed by atoms with E-state index in [1.807, 2.05) is 13.0 Å². The Balaban J connectivity index is 2.82. The molecule has 3 heteroatoms. The lowest BCUT2D eigenvalue weighted by Crippen LogP contribution is -1.85. The molecule has 0 fully saturated rings. The number of benzene rings is 1. The van der Waals surface area contributed by atoms with Crippen LogP contribution in [0.2, 0.25) is 0 Å². The fourth-order valence-electron chi connectivity index (χ4n) is 0.782. The van der Waals surface area contributed by atoms with E-state index < -0.39 is 10.7 Å². The zero-order valence-electron chi connectivity index (χ0n) is 6.20. The molecule has 1 aromatic carbocycles. The molecule has 0 aliphatic rings. The van der Waals surface area contributed by atoms with E-state index in [0.29, 0.717) is 0 Å². The highest BCUT2D eigenvalue weighted by Crippen LogP contribution is 2.02. The van der Waals surface area contributed by atoms with E-state index in [1.54, 1.807) is 12.1 Å². The summed E-state index contributed by atoms with van der Waals surface area (Å²) in [6.07, 6.45) is 0. The molecule has 0 atom stereocenters. The van der Waals surface area contributed by atoms with Gasteiger partial charge in [-0.05, 0) is 30.2 Å². The Labute approximate surface area is 67.8 Å². The maximum atomic E-state index is 10.3. The summed E-state index contributed by atoms with van der Waals surface area (Å²) in [6.45, 7) is 1.92. The molecule has 1 radical (unpaired) electrons. The van der Waals surface area contributed by atoms with Crippen LogP contribution in [0, 0.1) is 13.0 Å². The first-order valence-corrected chi connectivity index (χ1v) is 4.64. The van der Waals surface area contributed by atoms with E-state index in [4.69, 9.17) is 0 Å². The van der Waals surface area contributed by atoms with Crippen molar-refractivity contribution in [3.63, 3.8) is 0 Å². The summed E-state index contributed by atoms with van der Waals surface area (Å²) in [7, 11) is -2.31. The normalized spacial score (nSPS) is 10.4. The number of rotatable bonds is 2. The van der Waals surface area contributed by atoms with E-state index in [9.17, 15) is 8.42 Å². The number of hydrogen-bond donors (Lipinski definition) is 1. The van der Waals surface area contributed by atoms with Gasteiger partial charge in [0.25, 0.3) is 0 Å². The zero-order valence-corrected chi connectivity index (χ0v) is 7.10. The maximum absolute atomic E-state index is 10.3. The van der Waals surface area contributed by atoms with Gasteiger partial charge in [0.15, 0.2) is 0 Å². The van der Waals surface area contributed by atoms with Gasteiger partial charge in [0, 0.05) is 0 Å². The van der Waals surface area contributed by atoms with Crippen LogP contribution in [0.15, 0.2) is 18.2 Å². The van der Waals surface area contributed by atoms with Crippen LogP contribution >= 0.6 is 0 Å². The van der Waals surface area contributed by atoms with Crippen molar-refractivity contribution < 1.29 is 8.42 Å². The van der Waals surface area contributed by atoms with Crippen molar-refractivity contribution in [2.45, 2.75) is 12.7 Å². The minimum absolute atomic E-state index is 0.117. The first kappa shape index (κ1) is 8.27. The van der Waals surface area contributed by atoms with Gasteiger partial charge in [-0.3, -0.25) is 0 Å². The quantitative estimate of drug-likeness (QED) is 0.668. The summed E-state index contributed by atoms with van der Waals surface area (Å²) in [5, 5.41) is 0. The third-order valence-corrected chi connectivity index (χ3v) is 1.97. The van der Waals surface area contributed by atoms with Gasteiger partial charge < -0.3 is 0 Å². The summed E-state index contributed by atoms with van der Waals surface area (Å²) < 4.78 is 20.6. The second-order valence-electron chi connectivity index (χ2n) is 2.37. The Morgan fingerprint density at radius 1 is 1.45 bits per heavy atom. The Hall–Kier alpha value is -0.830. The van der Waals surface area contributed by atoms with Crippen molar-refractivity contribution >= 4 is 10.7 Å². The van der Waals surface area contributed by atoms with Crippen molar-refractivity contribution in [1.82, 2.24) is 0 Å². The predicted molar refractivity (Wildman–Crippen MR) is 44.0 cm³/mol. The minimum Gasteiger partial charge on any atom is -0.232 e. The summed E-state index contributed by atoms with van der Waals surface area (Å²) in [6, 6.07) is 8.30. The summed E-state index contributed by atoms with van der Waals surface area (Å²) in [4.78, 5) is 0. The molecule has 0 aliphatic heterocycles. The molecule has 59 valence electrons. The molecule has 0 unspecified atom stereocenters. The second kappa shape index (κ2) is 3.53. The van der Waals surface area contributed by atoms with E-state index in [0.717, 1.165) is 11.1 Å². The molecule has 11 heavy (non-hydrogen) atoms. The van der Waals surface area contributed by atoms with Gasteiger partial charge in [-0.25, -0.2) is 8.42 Å². The van der Waals surface area contributed by atoms with Crippen LogP contribution in [0.1, 0.15) is 11.1 Å². The topological polar surface area (TPSA) is 34.1 Å². The van der Waals surface area contributed by atoms with Crippen LogP contribution in [0.25, 0.3) is 0 Å². The second-order valence-corrected chi connectivity index (χ2v) is 3.35. The molecule has 0 saturated heterocycles. The van der Waals surface area contributed by atoms with Crippen molar-refractivity contribution in [2.75, 3.05) is 0 Å². The van der Waals surface area contributed by atoms with Crippen LogP contribution in [0.3, 0.4) is 0 Å². The molecule has 0 saturated carbocycles. The highest BCUT2D eigenvalue weighted by molar-refractivity contribution is 7.71. The largest absolute Gasteiger partial charge is 0.232 e. The van der Waals surface area contributed by atoms with Crippen LogP contribution in [0.5, 0.6) is 0 Å². The fourth-order valence-corrected chi connectivity index (χ4v) is 1.28. The lowest BCUT2D eigenvalue weighted by Gasteiger charge is -1.93. The molecule has 0 spiro atoms. The van der Waals surface area contributed by atoms with Crippen molar-refractivity contribution in [3.05, 3.63) is 35.4 Å². The molecular weight excluding hydrogens is 160 g/mol. The monoisotopic (exact) mass is 169 g/mol. The number of hydrogen-bond acceptors (Lipinski definition) is 2. The highest BCUT2D eigenvalue weighted by atomic mass is 32.2. The average molecular weight is 169 g/mol. The molecule has 0 aromatic heterocycles. The van der Waals surface area contributed by atoms with Crippen LogP contribution < -0.4 is 0 Å². The summed E-state index contributed by atoms with van der Waals surface area (Å²) in [5.74, 6) is 0.117. The van der Waals surface area contributed by atoms with Gasteiger partial charge in [0.2, 0.25) is 0 Å². The first-order valence-electron chi connectivity index (χ1n) is 3.27. The summed E-state index contributed by atoms with van der Waals surface area (Å²) in [5.41, 5.74) is 1.82. The van der Waals surface area contributed by atoms with Gasteiger partial charge >= 0.3 is 0 Å². The van der Waals surface area contributed by atoms with Crippen molar-refractivity contribution in [1.29, 1.82) is 0 Å². The van der Waals surface area contributed by atoms with E-state index in [2.05, 4.69) is 6.07 Å². The fraction of sp³-hybridized carbons (Fsp3) is 0.250. The van der Waals surface area contributed by atoms with Gasteiger partial charge in [0.1, 0.15) is 10.7 Å². The van der Waals surface area contributed by atoms with Crippen molar-refractivity contribution in [3.8, 4) is 0 Å². The van der Waals surface area contributed by atoms with Crippen molar-refractivity contribution in [2.24, 2.45) is 0 Å². The SMILES string of the molecule is Cc1[c]cc(C[SH](=O)=O)cc1. The molecule has 0 aliphatic carbocycles. The molecule has 0 bridgehead atoms. The van der Waals surface area contributed by atoms with Gasteiger partial charge in [-0.2, -0.15) is 0 Å². The lowest BCUT2D eigenvalue weighted by molar-refractivity contribution is 0.614. The third-order valence-electron chi connectivity index (χ3n) is 1.34. The Morgan fingerprint density at radius 2 is 2.18 bits per heavy atom. The molecule has 0 N–H and O–H groups in total. The van der Waals surface area contributed by atoms with E-state index in [-0.39, 0.29) is 5.75 Å². The highest BCUT2D eigenvalue weighted by Gasteiger charge is 1.92. The lowest BCUT2D eigenvalue weighted by atomic mass is 10.2. The molecular formula is C8H9O2S. The Bertz CT molecular complexity index is 290. The standard InChI is InChI=1S/C8H9O2S/c1-7-2-4-8(5-3-7)6-11(9)10/h2,4-5,11H,6H2,1H3. The maximum Gasteiger partial charge on any atom is 0.144 e. The minimum atomic E-state index is -2.31. The first-order chi connectivity index (χ1) is 5.18. The molecule has 2 nitrogen and oxygen atoms in total. The van der Waals surface area contributed by atoms with Gasteiger partial charge in [-0.1, -0.05) is 12.1 Å². The average Bonchev–Trinajstić information content (AvgIpc) is 1.93. The molecule has 0 amide bonds.